The monoisotopic (exact) mass is 375 g/mol. The van der Waals surface area contributed by atoms with Crippen LogP contribution in [-0.2, 0) is 28.4 Å². The van der Waals surface area contributed by atoms with Gasteiger partial charge in [0.1, 0.15) is 6.54 Å². The van der Waals surface area contributed by atoms with Crippen LogP contribution in [0.25, 0.3) is 17.1 Å². The van der Waals surface area contributed by atoms with Crippen LogP contribution in [0.1, 0.15) is 12.5 Å². The number of aromatic nitrogens is 2. The van der Waals surface area contributed by atoms with Crippen LogP contribution in [0, 0.1) is 0 Å². The van der Waals surface area contributed by atoms with Crippen LogP contribution in [-0.4, -0.2) is 44.3 Å². The lowest BCUT2D eigenvalue weighted by atomic mass is 10.2. The van der Waals surface area contributed by atoms with E-state index in [9.17, 15) is 19.2 Å². The summed E-state index contributed by atoms with van der Waals surface area (Å²) < 4.78 is 7.83. The van der Waals surface area contributed by atoms with Crippen molar-refractivity contribution in [3.8, 4) is 0 Å². The number of imide groups is 1. The molecule has 0 radical (unpaired) electrons. The van der Waals surface area contributed by atoms with Crippen LogP contribution in [0.15, 0.2) is 27.9 Å². The number of benzene rings is 1. The number of esters is 1. The van der Waals surface area contributed by atoms with E-state index in [4.69, 9.17) is 4.74 Å². The number of rotatable bonds is 4. The highest BCUT2D eigenvalue weighted by atomic mass is 32.2. The number of ether oxygens (including phenoxy) is 1. The van der Waals surface area contributed by atoms with Crippen LogP contribution in [0.3, 0.4) is 0 Å². The number of hydrogen-bond acceptors (Lipinski definition) is 6. The van der Waals surface area contributed by atoms with Crippen molar-refractivity contribution in [1.82, 2.24) is 14.0 Å². The van der Waals surface area contributed by atoms with Gasteiger partial charge >= 0.3 is 11.7 Å². The Labute approximate surface area is 153 Å². The number of hydrogen-bond donors (Lipinski definition) is 0. The Hall–Kier alpha value is -2.81. The summed E-state index contributed by atoms with van der Waals surface area (Å²) in [5.74, 6) is -1.16. The first-order valence-electron chi connectivity index (χ1n) is 7.90. The highest BCUT2D eigenvalue weighted by Crippen LogP contribution is 2.32. The molecule has 8 nitrogen and oxygen atoms in total. The van der Waals surface area contributed by atoms with Crippen LogP contribution < -0.4 is 5.69 Å². The highest BCUT2D eigenvalue weighted by molar-refractivity contribution is 8.18. The summed E-state index contributed by atoms with van der Waals surface area (Å²) in [6.45, 7) is 1.43. The molecule has 0 N–H and O–H groups in total. The second kappa shape index (κ2) is 6.83. The van der Waals surface area contributed by atoms with Gasteiger partial charge in [-0.05, 0) is 42.5 Å². The number of thioether (sulfide) groups is 1. The molecule has 26 heavy (non-hydrogen) atoms. The molecule has 1 aliphatic rings. The first-order valence-corrected chi connectivity index (χ1v) is 8.71. The number of carbonyl (C=O) groups is 3. The van der Waals surface area contributed by atoms with E-state index in [1.807, 2.05) is 0 Å². The Balaban J connectivity index is 1.91. The van der Waals surface area contributed by atoms with E-state index in [1.165, 1.54) is 9.13 Å². The van der Waals surface area contributed by atoms with Gasteiger partial charge in [-0.1, -0.05) is 6.07 Å². The molecule has 2 heterocycles. The summed E-state index contributed by atoms with van der Waals surface area (Å²) in [5.41, 5.74) is 2.02. The Morgan fingerprint density at radius 3 is 2.54 bits per heavy atom. The number of carbonyl (C=O) groups excluding carboxylic acids is 3. The molecule has 2 aromatic rings. The number of fused-ring (bicyclic) bond motifs is 1. The average molecular weight is 375 g/mol. The zero-order chi connectivity index (χ0) is 19.0. The molecule has 1 aromatic carbocycles. The third-order valence-electron chi connectivity index (χ3n) is 4.06. The molecule has 1 aromatic heterocycles. The molecule has 0 unspecified atom stereocenters. The summed E-state index contributed by atoms with van der Waals surface area (Å²) >= 11 is 0.772. The van der Waals surface area contributed by atoms with Crippen molar-refractivity contribution in [3.63, 3.8) is 0 Å². The number of amides is 2. The summed E-state index contributed by atoms with van der Waals surface area (Å²) in [6, 6.07) is 5.32. The van der Waals surface area contributed by atoms with Crippen molar-refractivity contribution in [2.24, 2.45) is 14.1 Å². The second-order valence-corrected chi connectivity index (χ2v) is 6.71. The van der Waals surface area contributed by atoms with E-state index < -0.39 is 23.7 Å². The normalized spacial score (nSPS) is 16.1. The van der Waals surface area contributed by atoms with Gasteiger partial charge in [-0.15, -0.1) is 0 Å². The van der Waals surface area contributed by atoms with Crippen LogP contribution in [0.2, 0.25) is 0 Å². The highest BCUT2D eigenvalue weighted by Gasteiger charge is 2.36. The molecule has 0 bridgehead atoms. The van der Waals surface area contributed by atoms with Gasteiger partial charge in [0, 0.05) is 14.1 Å². The Bertz CT molecular complexity index is 1020. The van der Waals surface area contributed by atoms with Crippen molar-refractivity contribution >= 4 is 46.0 Å². The van der Waals surface area contributed by atoms with Crippen LogP contribution in [0.4, 0.5) is 4.79 Å². The minimum Gasteiger partial charge on any atom is -0.465 e. The molecule has 0 aliphatic carbocycles. The summed E-state index contributed by atoms with van der Waals surface area (Å²) in [5, 5.41) is -0.512. The summed E-state index contributed by atoms with van der Waals surface area (Å²) in [4.78, 5) is 49.0. The molecule has 0 spiro atoms. The lowest BCUT2D eigenvalue weighted by Gasteiger charge is -2.10. The van der Waals surface area contributed by atoms with E-state index >= 15 is 0 Å². The predicted molar refractivity (Wildman–Crippen MR) is 97.5 cm³/mol. The Morgan fingerprint density at radius 1 is 1.15 bits per heavy atom. The molecular weight excluding hydrogens is 358 g/mol. The molecule has 1 fully saturated rings. The van der Waals surface area contributed by atoms with E-state index in [1.54, 1.807) is 45.3 Å². The lowest BCUT2D eigenvalue weighted by Crippen LogP contribution is -2.34. The number of imidazole rings is 1. The Kier molecular flexibility index (Phi) is 4.73. The number of nitrogens with zero attached hydrogens (tertiary/aromatic N) is 3. The van der Waals surface area contributed by atoms with Crippen molar-refractivity contribution in [1.29, 1.82) is 0 Å². The fourth-order valence-electron chi connectivity index (χ4n) is 2.74. The van der Waals surface area contributed by atoms with Gasteiger partial charge < -0.3 is 4.74 Å². The maximum absolute atomic E-state index is 12.4. The van der Waals surface area contributed by atoms with E-state index in [0.717, 1.165) is 27.7 Å². The standard InChI is InChI=1S/C17H17N3O5S/c1-4-25-14(21)9-20-15(22)13(26-17(20)24)8-10-5-6-11-12(7-10)19(3)16(23)18(11)2/h5-8H,4,9H2,1-3H3/b13-8-. The van der Waals surface area contributed by atoms with E-state index in [2.05, 4.69) is 0 Å². The molecule has 2 amide bonds. The van der Waals surface area contributed by atoms with Crippen molar-refractivity contribution in [2.75, 3.05) is 13.2 Å². The molecule has 0 saturated carbocycles. The SMILES string of the molecule is CCOC(=O)CN1C(=O)S/C(=C\c2ccc3c(c2)n(C)c(=O)n3C)C1=O. The van der Waals surface area contributed by atoms with Gasteiger partial charge in [0.15, 0.2) is 0 Å². The molecule has 1 saturated heterocycles. The first kappa shape index (κ1) is 18.0. The molecule has 136 valence electrons. The summed E-state index contributed by atoms with van der Waals surface area (Å²) in [7, 11) is 3.35. The summed E-state index contributed by atoms with van der Waals surface area (Å²) in [6.07, 6.45) is 1.58. The lowest BCUT2D eigenvalue weighted by molar-refractivity contribution is -0.145. The predicted octanol–water partition coefficient (Wildman–Crippen LogP) is 1.48. The largest absolute Gasteiger partial charge is 0.465 e. The first-order chi connectivity index (χ1) is 12.3. The molecule has 1 aliphatic heterocycles. The van der Waals surface area contributed by atoms with E-state index in [-0.39, 0.29) is 17.2 Å². The van der Waals surface area contributed by atoms with Gasteiger partial charge in [-0.25, -0.2) is 4.79 Å². The Morgan fingerprint density at radius 2 is 1.85 bits per heavy atom. The minimum absolute atomic E-state index is 0.146. The fraction of sp³-hybridized carbons (Fsp3) is 0.294. The maximum atomic E-state index is 12.4. The van der Waals surface area contributed by atoms with Gasteiger partial charge in [0.25, 0.3) is 11.1 Å². The second-order valence-electron chi connectivity index (χ2n) is 5.72. The van der Waals surface area contributed by atoms with Gasteiger partial charge in [0.2, 0.25) is 0 Å². The van der Waals surface area contributed by atoms with Crippen molar-refractivity contribution < 1.29 is 19.1 Å². The van der Waals surface area contributed by atoms with Crippen molar-refractivity contribution in [3.05, 3.63) is 39.2 Å². The average Bonchev–Trinajstić information content (AvgIpc) is 2.98. The van der Waals surface area contributed by atoms with E-state index in [0.29, 0.717) is 5.56 Å². The van der Waals surface area contributed by atoms with Gasteiger partial charge in [-0.2, -0.15) is 0 Å². The molecular formula is C17H17N3O5S. The molecule has 3 rings (SSSR count). The third kappa shape index (κ3) is 3.05. The van der Waals surface area contributed by atoms with Gasteiger partial charge in [0.05, 0.1) is 22.5 Å². The fourth-order valence-corrected chi connectivity index (χ4v) is 3.58. The topological polar surface area (TPSA) is 90.6 Å². The van der Waals surface area contributed by atoms with Crippen LogP contribution >= 0.6 is 11.8 Å². The molecule has 0 atom stereocenters. The van der Waals surface area contributed by atoms with Crippen molar-refractivity contribution in [2.45, 2.75) is 6.92 Å². The zero-order valence-corrected chi connectivity index (χ0v) is 15.3. The smallest absolute Gasteiger partial charge is 0.328 e. The quantitative estimate of drug-likeness (QED) is 0.594. The maximum Gasteiger partial charge on any atom is 0.328 e. The zero-order valence-electron chi connectivity index (χ0n) is 14.5. The number of aryl methyl sites for hydroxylation is 2. The van der Waals surface area contributed by atoms with Gasteiger partial charge in [-0.3, -0.25) is 28.4 Å². The third-order valence-corrected chi connectivity index (χ3v) is 4.97. The minimum atomic E-state index is -0.628. The van der Waals surface area contributed by atoms with Crippen LogP contribution in [0.5, 0.6) is 0 Å². The molecule has 9 heteroatoms.